The van der Waals surface area contributed by atoms with E-state index in [0.717, 1.165) is 70.6 Å². The van der Waals surface area contributed by atoms with Crippen molar-refractivity contribution in [2.24, 2.45) is 0 Å². The third kappa shape index (κ3) is 54.5. The molecule has 0 N–H and O–H groups in total. The van der Waals surface area contributed by atoms with E-state index in [-0.39, 0.29) is 25.2 Å². The van der Waals surface area contributed by atoms with Gasteiger partial charge in [-0.2, -0.15) is 0 Å². The number of unbranched alkanes of at least 4 members (excludes halogenated alkanes) is 35. The maximum atomic E-state index is 12.7. The Balaban J connectivity index is 4.25. The first-order chi connectivity index (χ1) is 32.6. The van der Waals surface area contributed by atoms with Crippen molar-refractivity contribution in [3.63, 3.8) is 0 Å². The van der Waals surface area contributed by atoms with Crippen molar-refractivity contribution in [1.29, 1.82) is 0 Å². The zero-order valence-corrected chi connectivity index (χ0v) is 44.5. The molecule has 0 aliphatic heterocycles. The molecule has 0 rings (SSSR count). The molecule has 0 aromatic heterocycles. The molecule has 0 aromatic carbocycles. The SMILES string of the molecule is CC/C=C\C/C=C\C/C=C\C/C=C\CCCCC(=O)OC[C@H](COC(=O)CCCCCCCCCCCCCCCCCCCCC)OCCCCCCCCCCCCCCCCCC. The highest BCUT2D eigenvalue weighted by Gasteiger charge is 2.16. The number of allylic oxidation sites excluding steroid dienone is 8. The highest BCUT2D eigenvalue weighted by Crippen LogP contribution is 2.17. The van der Waals surface area contributed by atoms with Crippen LogP contribution >= 0.6 is 0 Å². The van der Waals surface area contributed by atoms with E-state index in [4.69, 9.17) is 14.2 Å². The highest BCUT2D eigenvalue weighted by molar-refractivity contribution is 5.69. The van der Waals surface area contributed by atoms with Crippen LogP contribution < -0.4 is 0 Å². The second-order valence-corrected chi connectivity index (χ2v) is 19.5. The smallest absolute Gasteiger partial charge is 0.305 e. The summed E-state index contributed by atoms with van der Waals surface area (Å²) in [5.41, 5.74) is 0. The fourth-order valence-electron chi connectivity index (χ4n) is 8.54. The zero-order valence-electron chi connectivity index (χ0n) is 44.5. The molecule has 0 amide bonds. The molecule has 0 saturated heterocycles. The molecule has 0 radical (unpaired) electrons. The zero-order chi connectivity index (χ0) is 47.7. The van der Waals surface area contributed by atoms with Gasteiger partial charge in [0.1, 0.15) is 19.3 Å². The molecule has 0 heterocycles. The average Bonchev–Trinajstić information content (AvgIpc) is 3.32. The molecule has 0 bridgehead atoms. The van der Waals surface area contributed by atoms with Gasteiger partial charge in [-0.15, -0.1) is 0 Å². The topological polar surface area (TPSA) is 61.8 Å². The fraction of sp³-hybridized carbons (Fsp3) is 0.836. The average molecular weight is 926 g/mol. The lowest BCUT2D eigenvalue weighted by Crippen LogP contribution is -2.29. The third-order valence-electron chi connectivity index (χ3n) is 12.9. The van der Waals surface area contributed by atoms with Crippen LogP contribution in [0.1, 0.15) is 303 Å². The fourth-order valence-corrected chi connectivity index (χ4v) is 8.54. The molecule has 0 spiro atoms. The molecule has 5 nitrogen and oxygen atoms in total. The lowest BCUT2D eigenvalue weighted by atomic mass is 10.0. The van der Waals surface area contributed by atoms with Gasteiger partial charge in [0.15, 0.2) is 0 Å². The Hall–Kier alpha value is -2.14. The normalized spacial score (nSPS) is 12.5. The monoisotopic (exact) mass is 925 g/mol. The molecule has 0 aromatic rings. The van der Waals surface area contributed by atoms with Crippen LogP contribution in [0.4, 0.5) is 0 Å². The summed E-state index contributed by atoms with van der Waals surface area (Å²) in [6.45, 7) is 7.63. The molecule has 0 unspecified atom stereocenters. The summed E-state index contributed by atoms with van der Waals surface area (Å²) in [5, 5.41) is 0. The predicted octanol–water partition coefficient (Wildman–Crippen LogP) is 19.9. The van der Waals surface area contributed by atoms with E-state index >= 15 is 0 Å². The maximum Gasteiger partial charge on any atom is 0.305 e. The van der Waals surface area contributed by atoms with Crippen LogP contribution in [0, 0.1) is 0 Å². The predicted molar refractivity (Wildman–Crippen MR) is 288 cm³/mol. The molecule has 386 valence electrons. The first kappa shape index (κ1) is 63.9. The number of hydrogen-bond donors (Lipinski definition) is 0. The second kappa shape index (κ2) is 57.2. The lowest BCUT2D eigenvalue weighted by molar-refractivity contribution is -0.155. The van der Waals surface area contributed by atoms with Crippen LogP contribution in [0.3, 0.4) is 0 Å². The number of ether oxygens (including phenoxy) is 3. The first-order valence-electron chi connectivity index (χ1n) is 29.2. The molecule has 0 fully saturated rings. The summed E-state index contributed by atoms with van der Waals surface area (Å²) in [6, 6.07) is 0. The van der Waals surface area contributed by atoms with E-state index in [9.17, 15) is 9.59 Å². The van der Waals surface area contributed by atoms with Gasteiger partial charge < -0.3 is 14.2 Å². The van der Waals surface area contributed by atoms with Crippen molar-refractivity contribution in [2.45, 2.75) is 309 Å². The van der Waals surface area contributed by atoms with Gasteiger partial charge in [-0.1, -0.05) is 281 Å². The van der Waals surface area contributed by atoms with E-state index in [1.165, 1.54) is 199 Å². The first-order valence-corrected chi connectivity index (χ1v) is 29.2. The van der Waals surface area contributed by atoms with Crippen molar-refractivity contribution >= 4 is 11.9 Å². The molecular weight excluding hydrogens is 813 g/mol. The molecule has 0 aliphatic carbocycles. The number of carbonyl (C=O) groups excluding carboxylic acids is 2. The van der Waals surface area contributed by atoms with Gasteiger partial charge in [-0.05, 0) is 57.8 Å². The van der Waals surface area contributed by atoms with E-state index in [2.05, 4.69) is 69.4 Å². The second-order valence-electron chi connectivity index (χ2n) is 19.5. The largest absolute Gasteiger partial charge is 0.463 e. The van der Waals surface area contributed by atoms with Gasteiger partial charge >= 0.3 is 11.9 Å². The Morgan fingerprint density at radius 3 is 0.970 bits per heavy atom. The molecule has 0 aliphatic rings. The van der Waals surface area contributed by atoms with Crippen LogP contribution in [0.2, 0.25) is 0 Å². The van der Waals surface area contributed by atoms with E-state index in [1.807, 2.05) is 0 Å². The number of esters is 2. The maximum absolute atomic E-state index is 12.7. The lowest BCUT2D eigenvalue weighted by Gasteiger charge is -2.18. The minimum absolute atomic E-state index is 0.140. The van der Waals surface area contributed by atoms with E-state index in [1.54, 1.807) is 0 Å². The van der Waals surface area contributed by atoms with Gasteiger partial charge in [-0.3, -0.25) is 9.59 Å². The van der Waals surface area contributed by atoms with Crippen molar-refractivity contribution in [3.05, 3.63) is 48.6 Å². The van der Waals surface area contributed by atoms with Crippen molar-refractivity contribution < 1.29 is 23.8 Å². The Kier molecular flexibility index (Phi) is 55.3. The van der Waals surface area contributed by atoms with Crippen LogP contribution in [0.5, 0.6) is 0 Å². The summed E-state index contributed by atoms with van der Waals surface area (Å²) in [4.78, 5) is 25.3. The molecular formula is C61H112O5. The van der Waals surface area contributed by atoms with Crippen LogP contribution in [-0.4, -0.2) is 37.9 Å². The van der Waals surface area contributed by atoms with Gasteiger partial charge in [-0.25, -0.2) is 0 Å². The van der Waals surface area contributed by atoms with Gasteiger partial charge in [0, 0.05) is 19.4 Å². The van der Waals surface area contributed by atoms with Gasteiger partial charge in [0.05, 0.1) is 0 Å². The number of hydrogen-bond acceptors (Lipinski definition) is 5. The summed E-state index contributed by atoms with van der Waals surface area (Å²) < 4.78 is 17.5. The summed E-state index contributed by atoms with van der Waals surface area (Å²) >= 11 is 0. The summed E-state index contributed by atoms with van der Waals surface area (Å²) in [5.74, 6) is -0.364. The number of carbonyl (C=O) groups is 2. The van der Waals surface area contributed by atoms with Crippen molar-refractivity contribution in [1.82, 2.24) is 0 Å². The summed E-state index contributed by atoms with van der Waals surface area (Å²) in [7, 11) is 0. The van der Waals surface area contributed by atoms with E-state index < -0.39 is 6.10 Å². The Labute approximate surface area is 412 Å². The van der Waals surface area contributed by atoms with Gasteiger partial charge in [0.25, 0.3) is 0 Å². The van der Waals surface area contributed by atoms with E-state index in [0.29, 0.717) is 19.4 Å². The minimum atomic E-state index is -0.413. The minimum Gasteiger partial charge on any atom is -0.463 e. The van der Waals surface area contributed by atoms with Crippen LogP contribution in [-0.2, 0) is 23.8 Å². The molecule has 0 saturated carbocycles. The highest BCUT2D eigenvalue weighted by atomic mass is 16.6. The molecule has 1 atom stereocenters. The van der Waals surface area contributed by atoms with Crippen LogP contribution in [0.25, 0.3) is 0 Å². The molecule has 5 heteroatoms. The Morgan fingerprint density at radius 2 is 0.621 bits per heavy atom. The van der Waals surface area contributed by atoms with Crippen molar-refractivity contribution in [2.75, 3.05) is 19.8 Å². The Bertz CT molecular complexity index is 1090. The van der Waals surface area contributed by atoms with Crippen LogP contribution in [0.15, 0.2) is 48.6 Å². The Morgan fingerprint density at radius 1 is 0.333 bits per heavy atom. The quantitative estimate of drug-likeness (QED) is 0.0345. The van der Waals surface area contributed by atoms with Gasteiger partial charge in [0.2, 0.25) is 0 Å². The standard InChI is InChI=1S/C61H112O5/c1-4-7-10-13-16-19-22-25-28-30-31-32-34-37-40-43-46-49-52-55-61(63)66-58-59(64-56-53-50-47-44-41-38-35-29-26-23-20-17-14-11-8-5-2)57-65-60(62)54-51-48-45-42-39-36-33-27-24-21-18-15-12-9-6-3/h9,12,18,21,27,33,39,42,59H,4-8,10-11,13-17,19-20,22-26,28-32,34-38,40-41,43-58H2,1-3H3/b12-9-,21-18-,33-27-,42-39-/t59-/m1/s1. The number of rotatable bonds is 54. The molecule has 66 heavy (non-hydrogen) atoms. The summed E-state index contributed by atoms with van der Waals surface area (Å²) in [6.07, 6.45) is 71.6. The third-order valence-corrected chi connectivity index (χ3v) is 12.9. The van der Waals surface area contributed by atoms with Crippen molar-refractivity contribution in [3.8, 4) is 0 Å².